The highest BCUT2D eigenvalue weighted by Crippen LogP contribution is 2.25. The van der Waals surface area contributed by atoms with Gasteiger partial charge in [0.15, 0.2) is 18.0 Å². The summed E-state index contributed by atoms with van der Waals surface area (Å²) in [4.78, 5) is 38.1. The van der Waals surface area contributed by atoms with Crippen molar-refractivity contribution in [3.63, 3.8) is 0 Å². The average Bonchev–Trinajstić information content (AvgIpc) is 3.48. The van der Waals surface area contributed by atoms with Crippen molar-refractivity contribution >= 4 is 18.0 Å². The molecule has 0 spiro atoms. The Hall–Kier alpha value is -5.06. The van der Waals surface area contributed by atoms with Crippen LogP contribution in [0.5, 0.6) is 0 Å². The predicted octanol–water partition coefficient (Wildman–Crippen LogP) is 4.12. The second-order valence-electron chi connectivity index (χ2n) is 9.28. The van der Waals surface area contributed by atoms with E-state index in [0.29, 0.717) is 0 Å². The van der Waals surface area contributed by atoms with Crippen LogP contribution in [0.2, 0.25) is 0 Å². The molecular formula is C30H31N5O6. The molecule has 1 amide bonds. The number of carbonyl (C=O) groups excluding carboxylic acids is 3. The summed E-state index contributed by atoms with van der Waals surface area (Å²) in [5.41, 5.74) is 2.49. The van der Waals surface area contributed by atoms with Crippen molar-refractivity contribution in [2.45, 2.75) is 51.7 Å². The molecule has 0 radical (unpaired) electrons. The second kappa shape index (κ2) is 14.4. The van der Waals surface area contributed by atoms with Crippen molar-refractivity contribution in [3.8, 4) is 0 Å². The van der Waals surface area contributed by atoms with E-state index >= 15 is 0 Å². The molecule has 4 aromatic rings. The topological polar surface area (TPSA) is 135 Å². The number of carbonyl (C=O) groups is 3. The zero-order chi connectivity index (χ0) is 29.0. The molecule has 0 unspecified atom stereocenters. The number of rotatable bonds is 12. The molecule has 212 valence electrons. The third-order valence-corrected chi connectivity index (χ3v) is 6.18. The lowest BCUT2D eigenvalue weighted by molar-refractivity contribution is -0.150. The maximum atomic E-state index is 12.9. The quantitative estimate of drug-likeness (QED) is 0.202. The largest absolute Gasteiger partial charge is 0.459 e. The lowest BCUT2D eigenvalue weighted by atomic mass is 10.0. The van der Waals surface area contributed by atoms with Crippen LogP contribution in [-0.2, 0) is 43.4 Å². The number of tetrazole rings is 1. The molecule has 0 aliphatic heterocycles. The van der Waals surface area contributed by atoms with Gasteiger partial charge in [-0.2, -0.15) is 0 Å². The third kappa shape index (κ3) is 8.46. The van der Waals surface area contributed by atoms with E-state index in [1.54, 1.807) is 6.92 Å². The highest BCUT2D eigenvalue weighted by molar-refractivity contribution is 5.73. The van der Waals surface area contributed by atoms with Crippen LogP contribution in [-0.4, -0.2) is 44.3 Å². The van der Waals surface area contributed by atoms with Crippen molar-refractivity contribution in [2.75, 3.05) is 0 Å². The van der Waals surface area contributed by atoms with Crippen molar-refractivity contribution in [2.24, 2.45) is 0 Å². The summed E-state index contributed by atoms with van der Waals surface area (Å²) in [5.74, 6) is -1.14. The minimum atomic E-state index is -1.16. The highest BCUT2D eigenvalue weighted by atomic mass is 16.6. The van der Waals surface area contributed by atoms with Crippen LogP contribution in [0.3, 0.4) is 0 Å². The van der Waals surface area contributed by atoms with Gasteiger partial charge in [-0.25, -0.2) is 14.3 Å². The SMILES string of the molecule is CC(=O)O[C@@H](c1nnnn1[C@@H](C)C(=O)OCc1ccccc1)[C@H](Cc1ccccc1)NC(=O)OCc1ccccc1. The molecule has 1 N–H and O–H groups in total. The van der Waals surface area contributed by atoms with E-state index in [2.05, 4.69) is 20.8 Å². The highest BCUT2D eigenvalue weighted by Gasteiger charge is 2.35. The van der Waals surface area contributed by atoms with Crippen LogP contribution in [0, 0.1) is 0 Å². The standard InChI is InChI=1S/C30H31N5O6/c1-21(29(37)39-19-24-14-8-4-9-15-24)35-28(32-33-34-35)27(41-22(2)36)26(18-23-12-6-3-7-13-23)31-30(38)40-20-25-16-10-5-11-17-25/h3-17,21,26-27H,18-20H2,1-2H3,(H,31,38)/t21-,26-,27+/m0/s1. The van der Waals surface area contributed by atoms with Gasteiger partial charge < -0.3 is 19.5 Å². The number of hydrogen-bond acceptors (Lipinski definition) is 9. The predicted molar refractivity (Wildman–Crippen MR) is 147 cm³/mol. The summed E-state index contributed by atoms with van der Waals surface area (Å²) in [5, 5.41) is 14.6. The smallest absolute Gasteiger partial charge is 0.407 e. The van der Waals surface area contributed by atoms with Gasteiger partial charge in [-0.15, -0.1) is 5.10 Å². The van der Waals surface area contributed by atoms with E-state index in [-0.39, 0.29) is 25.5 Å². The van der Waals surface area contributed by atoms with E-state index < -0.39 is 36.2 Å². The molecule has 41 heavy (non-hydrogen) atoms. The maximum Gasteiger partial charge on any atom is 0.407 e. The van der Waals surface area contributed by atoms with Gasteiger partial charge in [-0.3, -0.25) is 4.79 Å². The Labute approximate surface area is 237 Å². The van der Waals surface area contributed by atoms with Crippen LogP contribution in [0.25, 0.3) is 0 Å². The molecule has 0 bridgehead atoms. The van der Waals surface area contributed by atoms with E-state index in [1.165, 1.54) is 11.6 Å². The van der Waals surface area contributed by atoms with Crippen LogP contribution >= 0.6 is 0 Å². The molecule has 11 nitrogen and oxygen atoms in total. The number of nitrogens with zero attached hydrogens (tertiary/aromatic N) is 4. The Morgan fingerprint density at radius 1 is 0.805 bits per heavy atom. The summed E-state index contributed by atoms with van der Waals surface area (Å²) in [6.45, 7) is 2.93. The zero-order valence-electron chi connectivity index (χ0n) is 22.8. The van der Waals surface area contributed by atoms with Gasteiger partial charge in [0.2, 0.25) is 0 Å². The molecule has 1 heterocycles. The Morgan fingerprint density at radius 3 is 1.90 bits per heavy atom. The molecule has 4 rings (SSSR count). The van der Waals surface area contributed by atoms with Crippen molar-refractivity contribution < 1.29 is 28.6 Å². The summed E-state index contributed by atoms with van der Waals surface area (Å²) in [7, 11) is 0. The molecule has 1 aromatic heterocycles. The van der Waals surface area contributed by atoms with Gasteiger partial charge in [0.05, 0.1) is 6.04 Å². The molecule has 0 fully saturated rings. The number of aromatic nitrogens is 4. The fraction of sp³-hybridized carbons (Fsp3) is 0.267. The van der Waals surface area contributed by atoms with Crippen LogP contribution in [0.4, 0.5) is 4.79 Å². The Morgan fingerprint density at radius 2 is 1.34 bits per heavy atom. The fourth-order valence-electron chi connectivity index (χ4n) is 4.12. The Kier molecular flexibility index (Phi) is 10.1. The van der Waals surface area contributed by atoms with Crippen molar-refractivity contribution in [1.82, 2.24) is 25.5 Å². The summed E-state index contributed by atoms with van der Waals surface area (Å²) >= 11 is 0. The molecule has 3 atom stereocenters. The minimum Gasteiger partial charge on any atom is -0.459 e. The van der Waals surface area contributed by atoms with E-state index in [0.717, 1.165) is 16.7 Å². The minimum absolute atomic E-state index is 0.0466. The fourth-order valence-corrected chi connectivity index (χ4v) is 4.12. The molecule has 11 heteroatoms. The number of benzene rings is 3. The van der Waals surface area contributed by atoms with E-state index in [4.69, 9.17) is 14.2 Å². The van der Waals surface area contributed by atoms with Gasteiger partial charge in [0.1, 0.15) is 13.2 Å². The summed E-state index contributed by atoms with van der Waals surface area (Å²) in [6, 6.07) is 26.0. The Balaban J connectivity index is 1.56. The summed E-state index contributed by atoms with van der Waals surface area (Å²) < 4.78 is 17.8. The number of hydrogen-bond donors (Lipinski definition) is 1. The number of alkyl carbamates (subject to hydrolysis) is 1. The molecule has 3 aromatic carbocycles. The van der Waals surface area contributed by atoms with Gasteiger partial charge in [-0.1, -0.05) is 91.0 Å². The van der Waals surface area contributed by atoms with Gasteiger partial charge in [0.25, 0.3) is 0 Å². The molecule has 0 aliphatic carbocycles. The molecule has 0 saturated carbocycles. The normalized spacial score (nSPS) is 12.9. The number of amides is 1. The van der Waals surface area contributed by atoms with Crippen LogP contribution in [0.1, 0.15) is 48.5 Å². The molecular weight excluding hydrogens is 526 g/mol. The summed E-state index contributed by atoms with van der Waals surface area (Å²) in [6.07, 6.45) is -1.63. The average molecular weight is 558 g/mol. The van der Waals surface area contributed by atoms with E-state index in [1.807, 2.05) is 91.0 Å². The van der Waals surface area contributed by atoms with Gasteiger partial charge >= 0.3 is 18.0 Å². The van der Waals surface area contributed by atoms with Crippen molar-refractivity contribution in [3.05, 3.63) is 114 Å². The molecule has 0 saturated heterocycles. The maximum absolute atomic E-state index is 12.9. The number of nitrogens with one attached hydrogen (secondary N) is 1. The zero-order valence-corrected chi connectivity index (χ0v) is 22.8. The van der Waals surface area contributed by atoms with Crippen molar-refractivity contribution in [1.29, 1.82) is 0 Å². The lowest BCUT2D eigenvalue weighted by Crippen LogP contribution is -2.43. The second-order valence-corrected chi connectivity index (χ2v) is 9.28. The Bertz CT molecular complexity index is 1420. The van der Waals surface area contributed by atoms with E-state index in [9.17, 15) is 14.4 Å². The van der Waals surface area contributed by atoms with Gasteiger partial charge in [0, 0.05) is 6.92 Å². The lowest BCUT2D eigenvalue weighted by Gasteiger charge is -2.27. The number of ether oxygens (including phenoxy) is 3. The first-order chi connectivity index (χ1) is 19.9. The first-order valence-electron chi connectivity index (χ1n) is 13.1. The molecule has 0 aliphatic rings. The monoisotopic (exact) mass is 557 g/mol. The van der Waals surface area contributed by atoms with Gasteiger partial charge in [-0.05, 0) is 40.5 Å². The number of esters is 2. The van der Waals surface area contributed by atoms with Crippen LogP contribution in [0.15, 0.2) is 91.0 Å². The third-order valence-electron chi connectivity index (χ3n) is 6.18. The first kappa shape index (κ1) is 28.9. The first-order valence-corrected chi connectivity index (χ1v) is 13.1. The van der Waals surface area contributed by atoms with Crippen LogP contribution < -0.4 is 5.32 Å².